The zero-order valence-electron chi connectivity index (χ0n) is 11.0. The number of nitriles is 1. The van der Waals surface area contributed by atoms with Gasteiger partial charge in [0.1, 0.15) is 6.07 Å². The second-order valence-corrected chi connectivity index (χ2v) is 5.64. The quantitative estimate of drug-likeness (QED) is 0.853. The van der Waals surface area contributed by atoms with Crippen molar-refractivity contribution in [3.63, 3.8) is 0 Å². The molecule has 0 bridgehead atoms. The van der Waals surface area contributed by atoms with E-state index in [-0.39, 0.29) is 5.91 Å². The van der Waals surface area contributed by atoms with Crippen molar-refractivity contribution >= 4 is 35.0 Å². The fourth-order valence-electron chi connectivity index (χ4n) is 1.59. The summed E-state index contributed by atoms with van der Waals surface area (Å²) < 4.78 is 0. The van der Waals surface area contributed by atoms with Crippen molar-refractivity contribution in [1.29, 1.82) is 5.26 Å². The number of rotatable bonds is 5. The molecule has 1 aromatic carbocycles. The van der Waals surface area contributed by atoms with E-state index in [9.17, 15) is 4.79 Å². The minimum Gasteiger partial charge on any atom is -0.326 e. The lowest BCUT2D eigenvalue weighted by Crippen LogP contribution is -2.12. The van der Waals surface area contributed by atoms with Gasteiger partial charge in [0.15, 0.2) is 0 Å². The van der Waals surface area contributed by atoms with Crippen LogP contribution < -0.4 is 5.32 Å². The second kappa shape index (κ2) is 7.67. The number of amides is 1. The van der Waals surface area contributed by atoms with Gasteiger partial charge in [0.05, 0.1) is 15.6 Å². The van der Waals surface area contributed by atoms with Crippen LogP contribution in [0.3, 0.4) is 0 Å². The van der Waals surface area contributed by atoms with Crippen molar-refractivity contribution < 1.29 is 4.79 Å². The Labute approximate surface area is 132 Å². The van der Waals surface area contributed by atoms with Crippen LogP contribution in [0.2, 0.25) is 5.02 Å². The number of benzene rings is 1. The van der Waals surface area contributed by atoms with Crippen LogP contribution in [0.5, 0.6) is 0 Å². The molecular formula is C15H12ClN3OS. The summed E-state index contributed by atoms with van der Waals surface area (Å²) in [5.74, 6) is 0.548. The van der Waals surface area contributed by atoms with Gasteiger partial charge in [-0.3, -0.25) is 4.79 Å². The van der Waals surface area contributed by atoms with E-state index >= 15 is 0 Å². The first-order valence-corrected chi connectivity index (χ1v) is 7.59. The molecule has 0 spiro atoms. The molecule has 1 aromatic heterocycles. The predicted octanol–water partition coefficient (Wildman–Crippen LogP) is 3.73. The largest absolute Gasteiger partial charge is 0.326 e. The average molecular weight is 318 g/mol. The lowest BCUT2D eigenvalue weighted by molar-refractivity contribution is -0.115. The molecule has 0 aliphatic rings. The molecule has 0 unspecified atom stereocenters. The fraction of sp³-hybridized carbons (Fsp3) is 0.133. The number of nitrogens with zero attached hydrogens (tertiary/aromatic N) is 2. The van der Waals surface area contributed by atoms with Crippen molar-refractivity contribution in [3.8, 4) is 6.07 Å². The number of anilines is 1. The Hall–Kier alpha value is -2.03. The van der Waals surface area contributed by atoms with Crippen LogP contribution >= 0.6 is 23.4 Å². The van der Waals surface area contributed by atoms with Gasteiger partial charge >= 0.3 is 0 Å². The molecule has 4 nitrogen and oxygen atoms in total. The number of nitrogens with one attached hydrogen (secondary N) is 1. The lowest BCUT2D eigenvalue weighted by Gasteiger charge is -2.06. The summed E-state index contributed by atoms with van der Waals surface area (Å²) in [7, 11) is 0. The van der Waals surface area contributed by atoms with Gasteiger partial charge in [0.25, 0.3) is 0 Å². The number of pyridine rings is 1. The maximum Gasteiger partial charge on any atom is 0.225 e. The lowest BCUT2D eigenvalue weighted by atomic mass is 10.2. The SMILES string of the molecule is N#Cc1ccc(NC(=O)CCSc2ccccn2)cc1Cl. The summed E-state index contributed by atoms with van der Waals surface area (Å²) >= 11 is 7.44. The Morgan fingerprint density at radius 1 is 1.38 bits per heavy atom. The fourth-order valence-corrected chi connectivity index (χ4v) is 2.62. The maximum absolute atomic E-state index is 11.8. The van der Waals surface area contributed by atoms with Gasteiger partial charge in [-0.15, -0.1) is 11.8 Å². The highest BCUT2D eigenvalue weighted by atomic mass is 35.5. The summed E-state index contributed by atoms with van der Waals surface area (Å²) in [6.07, 6.45) is 2.10. The molecule has 0 saturated heterocycles. The van der Waals surface area contributed by atoms with Crippen LogP contribution in [-0.2, 0) is 4.79 Å². The smallest absolute Gasteiger partial charge is 0.225 e. The van der Waals surface area contributed by atoms with Gasteiger partial charge in [-0.05, 0) is 30.3 Å². The van der Waals surface area contributed by atoms with E-state index in [0.717, 1.165) is 5.03 Å². The zero-order valence-corrected chi connectivity index (χ0v) is 12.6. The summed E-state index contributed by atoms with van der Waals surface area (Å²) in [4.78, 5) is 16.0. The van der Waals surface area contributed by atoms with E-state index in [4.69, 9.17) is 16.9 Å². The summed E-state index contributed by atoms with van der Waals surface area (Å²) in [5.41, 5.74) is 0.979. The van der Waals surface area contributed by atoms with E-state index in [1.165, 1.54) is 11.8 Å². The predicted molar refractivity (Wildman–Crippen MR) is 84.4 cm³/mol. The third-order valence-corrected chi connectivity index (χ3v) is 3.85. The van der Waals surface area contributed by atoms with Crippen molar-refractivity contribution in [1.82, 2.24) is 4.98 Å². The minimum atomic E-state index is -0.0980. The Balaban J connectivity index is 1.82. The highest BCUT2D eigenvalue weighted by Crippen LogP contribution is 2.21. The molecule has 1 N–H and O–H groups in total. The first-order chi connectivity index (χ1) is 10.2. The van der Waals surface area contributed by atoms with Crippen LogP contribution in [0.25, 0.3) is 0 Å². The first-order valence-electron chi connectivity index (χ1n) is 6.22. The molecule has 2 rings (SSSR count). The van der Waals surface area contributed by atoms with Crippen LogP contribution in [0, 0.1) is 11.3 Å². The van der Waals surface area contributed by atoms with Crippen LogP contribution in [0.15, 0.2) is 47.6 Å². The molecule has 0 fully saturated rings. The average Bonchev–Trinajstić information content (AvgIpc) is 2.48. The number of halogens is 1. The Morgan fingerprint density at radius 3 is 2.90 bits per heavy atom. The highest BCUT2D eigenvalue weighted by Gasteiger charge is 2.06. The topological polar surface area (TPSA) is 65.8 Å². The standard InChI is InChI=1S/C15H12ClN3OS/c16-13-9-12(5-4-11(13)10-17)19-14(20)6-8-21-15-3-1-2-7-18-15/h1-5,7,9H,6,8H2,(H,19,20). The monoisotopic (exact) mass is 317 g/mol. The third kappa shape index (κ3) is 4.78. The van der Waals surface area contributed by atoms with Crippen molar-refractivity contribution in [3.05, 3.63) is 53.2 Å². The summed E-state index contributed by atoms with van der Waals surface area (Å²) in [5, 5.41) is 12.8. The molecular weight excluding hydrogens is 306 g/mol. The molecule has 106 valence electrons. The molecule has 1 heterocycles. The van der Waals surface area contributed by atoms with Crippen molar-refractivity contribution in [2.24, 2.45) is 0 Å². The summed E-state index contributed by atoms with van der Waals surface area (Å²) in [6, 6.07) is 12.5. The number of carbonyl (C=O) groups excluding carboxylic acids is 1. The summed E-state index contributed by atoms with van der Waals surface area (Å²) in [6.45, 7) is 0. The van der Waals surface area contributed by atoms with Crippen molar-refractivity contribution in [2.75, 3.05) is 11.1 Å². The van der Waals surface area contributed by atoms with Gasteiger partial charge in [0.2, 0.25) is 5.91 Å². The van der Waals surface area contributed by atoms with E-state index in [0.29, 0.717) is 28.4 Å². The third-order valence-electron chi connectivity index (χ3n) is 2.59. The van der Waals surface area contributed by atoms with Gasteiger partial charge in [-0.25, -0.2) is 4.98 Å². The number of aromatic nitrogens is 1. The number of carbonyl (C=O) groups is 1. The van der Waals surface area contributed by atoms with Crippen LogP contribution in [0.1, 0.15) is 12.0 Å². The number of hydrogen-bond acceptors (Lipinski definition) is 4. The van der Waals surface area contributed by atoms with Gasteiger partial charge in [0, 0.05) is 24.1 Å². The number of hydrogen-bond donors (Lipinski definition) is 1. The molecule has 21 heavy (non-hydrogen) atoms. The first kappa shape index (κ1) is 15.4. The molecule has 6 heteroatoms. The minimum absolute atomic E-state index is 0.0980. The van der Waals surface area contributed by atoms with Gasteiger partial charge in [-0.1, -0.05) is 17.7 Å². The Kier molecular flexibility index (Phi) is 5.61. The van der Waals surface area contributed by atoms with E-state index in [1.807, 2.05) is 24.3 Å². The zero-order chi connectivity index (χ0) is 15.1. The number of thioether (sulfide) groups is 1. The van der Waals surface area contributed by atoms with E-state index < -0.39 is 0 Å². The second-order valence-electron chi connectivity index (χ2n) is 4.12. The Morgan fingerprint density at radius 2 is 2.24 bits per heavy atom. The molecule has 0 radical (unpaired) electrons. The molecule has 0 saturated carbocycles. The van der Waals surface area contributed by atoms with E-state index in [2.05, 4.69) is 10.3 Å². The van der Waals surface area contributed by atoms with E-state index in [1.54, 1.807) is 24.4 Å². The van der Waals surface area contributed by atoms with Gasteiger partial charge < -0.3 is 5.32 Å². The highest BCUT2D eigenvalue weighted by molar-refractivity contribution is 7.99. The molecule has 1 amide bonds. The molecule has 0 atom stereocenters. The molecule has 0 aliphatic heterocycles. The van der Waals surface area contributed by atoms with Crippen LogP contribution in [0.4, 0.5) is 5.69 Å². The molecule has 2 aromatic rings. The molecule has 0 aliphatic carbocycles. The normalized spacial score (nSPS) is 9.90. The van der Waals surface area contributed by atoms with Gasteiger partial charge in [-0.2, -0.15) is 5.26 Å². The maximum atomic E-state index is 11.8. The van der Waals surface area contributed by atoms with Crippen molar-refractivity contribution in [2.45, 2.75) is 11.4 Å². The Bertz CT molecular complexity index is 670. The van der Waals surface area contributed by atoms with Crippen LogP contribution in [-0.4, -0.2) is 16.6 Å².